The molecule has 6 heteroatoms. The van der Waals surface area contributed by atoms with E-state index in [-0.39, 0.29) is 24.2 Å². The first kappa shape index (κ1) is 16.8. The molecule has 1 atom stereocenters. The van der Waals surface area contributed by atoms with Crippen LogP contribution in [0.3, 0.4) is 0 Å². The first-order chi connectivity index (χ1) is 12.6. The van der Waals surface area contributed by atoms with Crippen molar-refractivity contribution in [2.75, 3.05) is 6.61 Å². The van der Waals surface area contributed by atoms with Gasteiger partial charge in [0.1, 0.15) is 11.3 Å². The maximum absolute atomic E-state index is 12.1. The fraction of sp³-hybridized carbons (Fsp3) is 0.300. The zero-order valence-corrected chi connectivity index (χ0v) is 15.2. The van der Waals surface area contributed by atoms with Crippen LogP contribution in [0.15, 0.2) is 44.9 Å². The Bertz CT molecular complexity index is 1010. The first-order valence-corrected chi connectivity index (χ1v) is 9.54. The normalized spacial score (nSPS) is 14.2. The molecular weight excluding hydrogens is 350 g/mol. The first-order valence-electron chi connectivity index (χ1n) is 8.66. The van der Waals surface area contributed by atoms with Crippen LogP contribution in [-0.4, -0.2) is 12.5 Å². The average Bonchev–Trinajstić information content (AvgIpc) is 3.31. The molecule has 2 heterocycles. The summed E-state index contributed by atoms with van der Waals surface area (Å²) in [6.45, 7) is 1.85. The highest BCUT2D eigenvalue weighted by molar-refractivity contribution is 7.10. The third kappa shape index (κ3) is 3.24. The van der Waals surface area contributed by atoms with Crippen molar-refractivity contribution < 1.29 is 13.9 Å². The van der Waals surface area contributed by atoms with Crippen molar-refractivity contribution in [2.45, 2.75) is 32.2 Å². The molecule has 1 N–H and O–H groups in total. The molecule has 0 bridgehead atoms. The SMILES string of the molecule is CC(NC(=O)COc1ccc2c3c(c(=O)oc2c1)CCC3)c1cccs1. The lowest BCUT2D eigenvalue weighted by Crippen LogP contribution is -2.30. The summed E-state index contributed by atoms with van der Waals surface area (Å²) < 4.78 is 11.0. The van der Waals surface area contributed by atoms with Crippen molar-refractivity contribution in [2.24, 2.45) is 0 Å². The predicted molar refractivity (Wildman–Crippen MR) is 101 cm³/mol. The zero-order valence-electron chi connectivity index (χ0n) is 14.4. The number of rotatable bonds is 5. The van der Waals surface area contributed by atoms with Crippen molar-refractivity contribution in [1.82, 2.24) is 5.32 Å². The molecule has 1 amide bonds. The summed E-state index contributed by atoms with van der Waals surface area (Å²) in [4.78, 5) is 25.3. The van der Waals surface area contributed by atoms with Gasteiger partial charge in [0, 0.05) is 21.9 Å². The van der Waals surface area contributed by atoms with Crippen LogP contribution >= 0.6 is 11.3 Å². The Labute approximate surface area is 154 Å². The lowest BCUT2D eigenvalue weighted by atomic mass is 10.1. The van der Waals surface area contributed by atoms with E-state index in [2.05, 4.69) is 5.32 Å². The van der Waals surface area contributed by atoms with E-state index in [0.29, 0.717) is 11.3 Å². The molecule has 4 rings (SSSR count). The lowest BCUT2D eigenvalue weighted by molar-refractivity contribution is -0.123. The van der Waals surface area contributed by atoms with Crippen LogP contribution in [0.5, 0.6) is 5.75 Å². The van der Waals surface area contributed by atoms with Crippen LogP contribution < -0.4 is 15.7 Å². The number of ether oxygens (including phenoxy) is 1. The number of amides is 1. The molecule has 0 aliphatic heterocycles. The van der Waals surface area contributed by atoms with Crippen LogP contribution in [-0.2, 0) is 17.6 Å². The van der Waals surface area contributed by atoms with Crippen LogP contribution in [0.4, 0.5) is 0 Å². The molecule has 1 aromatic carbocycles. The molecule has 26 heavy (non-hydrogen) atoms. The number of carbonyl (C=O) groups excluding carboxylic acids is 1. The quantitative estimate of drug-likeness (QED) is 0.698. The average molecular weight is 369 g/mol. The highest BCUT2D eigenvalue weighted by Gasteiger charge is 2.19. The van der Waals surface area contributed by atoms with Crippen molar-refractivity contribution in [3.8, 4) is 5.75 Å². The Morgan fingerprint density at radius 1 is 1.31 bits per heavy atom. The monoisotopic (exact) mass is 369 g/mol. The summed E-state index contributed by atoms with van der Waals surface area (Å²) in [6, 6.07) is 9.30. The van der Waals surface area contributed by atoms with Crippen LogP contribution in [0.2, 0.25) is 0 Å². The van der Waals surface area contributed by atoms with Gasteiger partial charge in [0.2, 0.25) is 0 Å². The second kappa shape index (κ2) is 6.96. The molecule has 1 unspecified atom stereocenters. The van der Waals surface area contributed by atoms with E-state index in [4.69, 9.17) is 9.15 Å². The molecule has 1 aliphatic rings. The minimum atomic E-state index is -0.260. The van der Waals surface area contributed by atoms with E-state index in [0.717, 1.165) is 40.7 Å². The summed E-state index contributed by atoms with van der Waals surface area (Å²) in [7, 11) is 0. The van der Waals surface area contributed by atoms with Gasteiger partial charge in [-0.1, -0.05) is 6.07 Å². The van der Waals surface area contributed by atoms with Crippen LogP contribution in [0, 0.1) is 0 Å². The minimum absolute atomic E-state index is 0.0525. The van der Waals surface area contributed by atoms with Gasteiger partial charge in [0.15, 0.2) is 6.61 Å². The fourth-order valence-electron chi connectivity index (χ4n) is 3.39. The standard InChI is InChI=1S/C20H19NO4S/c1-12(18-6-3-9-26-18)21-19(22)11-24-13-7-8-15-14-4-2-5-16(14)20(23)25-17(15)10-13/h3,6-10,12H,2,4-5,11H2,1H3,(H,21,22). The molecular formula is C20H19NO4S. The second-order valence-corrected chi connectivity index (χ2v) is 7.43. The molecule has 5 nitrogen and oxygen atoms in total. The van der Waals surface area contributed by atoms with E-state index in [1.165, 1.54) is 0 Å². The van der Waals surface area contributed by atoms with E-state index in [9.17, 15) is 9.59 Å². The number of carbonyl (C=O) groups is 1. The minimum Gasteiger partial charge on any atom is -0.484 e. The van der Waals surface area contributed by atoms with E-state index in [1.807, 2.05) is 36.6 Å². The van der Waals surface area contributed by atoms with Crippen molar-refractivity contribution in [1.29, 1.82) is 0 Å². The van der Waals surface area contributed by atoms with Crippen LogP contribution in [0.25, 0.3) is 11.0 Å². The Morgan fingerprint density at radius 2 is 2.15 bits per heavy atom. The summed E-state index contributed by atoms with van der Waals surface area (Å²) in [5, 5.41) is 5.84. The van der Waals surface area contributed by atoms with Crippen molar-refractivity contribution in [3.05, 3.63) is 62.1 Å². The molecule has 0 radical (unpaired) electrons. The lowest BCUT2D eigenvalue weighted by Gasteiger charge is -2.13. The number of fused-ring (bicyclic) bond motifs is 3. The van der Waals surface area contributed by atoms with Crippen LogP contribution in [0.1, 0.15) is 35.4 Å². The third-order valence-corrected chi connectivity index (χ3v) is 5.72. The van der Waals surface area contributed by atoms with Gasteiger partial charge in [-0.2, -0.15) is 0 Å². The van der Waals surface area contributed by atoms with Crippen molar-refractivity contribution in [3.63, 3.8) is 0 Å². The predicted octanol–water partition coefficient (Wildman–Crippen LogP) is 3.60. The number of nitrogens with one attached hydrogen (secondary N) is 1. The number of hydrogen-bond acceptors (Lipinski definition) is 5. The highest BCUT2D eigenvalue weighted by atomic mass is 32.1. The van der Waals surface area contributed by atoms with Gasteiger partial charge in [-0.15, -0.1) is 11.3 Å². The molecule has 0 fully saturated rings. The number of hydrogen-bond donors (Lipinski definition) is 1. The number of thiophene rings is 1. The van der Waals surface area contributed by atoms with Gasteiger partial charge in [-0.3, -0.25) is 4.79 Å². The number of benzene rings is 1. The highest BCUT2D eigenvalue weighted by Crippen LogP contribution is 2.29. The largest absolute Gasteiger partial charge is 0.484 e. The summed E-state index contributed by atoms with van der Waals surface area (Å²) >= 11 is 1.60. The Balaban J connectivity index is 1.45. The van der Waals surface area contributed by atoms with Gasteiger partial charge in [0.25, 0.3) is 5.91 Å². The Hall–Kier alpha value is -2.60. The number of aryl methyl sites for hydroxylation is 1. The summed E-state index contributed by atoms with van der Waals surface area (Å²) in [5.74, 6) is 0.318. The Kier molecular flexibility index (Phi) is 4.51. The van der Waals surface area contributed by atoms with Gasteiger partial charge in [0.05, 0.1) is 6.04 Å². The molecule has 0 saturated carbocycles. The van der Waals surface area contributed by atoms with E-state index >= 15 is 0 Å². The van der Waals surface area contributed by atoms with Gasteiger partial charge in [-0.05, 0) is 55.3 Å². The van der Waals surface area contributed by atoms with Crippen molar-refractivity contribution >= 4 is 28.2 Å². The smallest absolute Gasteiger partial charge is 0.339 e. The maximum atomic E-state index is 12.1. The molecule has 0 saturated heterocycles. The van der Waals surface area contributed by atoms with E-state index in [1.54, 1.807) is 17.4 Å². The second-order valence-electron chi connectivity index (χ2n) is 6.45. The molecule has 3 aromatic rings. The zero-order chi connectivity index (χ0) is 18.1. The van der Waals surface area contributed by atoms with E-state index < -0.39 is 0 Å². The Morgan fingerprint density at radius 3 is 2.96 bits per heavy atom. The maximum Gasteiger partial charge on any atom is 0.339 e. The van der Waals surface area contributed by atoms with Gasteiger partial charge >= 0.3 is 5.63 Å². The topological polar surface area (TPSA) is 68.5 Å². The molecule has 1 aliphatic carbocycles. The molecule has 2 aromatic heterocycles. The molecule has 0 spiro atoms. The van der Waals surface area contributed by atoms with Gasteiger partial charge in [-0.25, -0.2) is 4.79 Å². The molecule has 134 valence electrons. The van der Waals surface area contributed by atoms with Gasteiger partial charge < -0.3 is 14.5 Å². The fourth-order valence-corrected chi connectivity index (χ4v) is 4.13. The summed E-state index contributed by atoms with van der Waals surface area (Å²) in [6.07, 6.45) is 2.68. The third-order valence-electron chi connectivity index (χ3n) is 4.66. The summed E-state index contributed by atoms with van der Waals surface area (Å²) in [5.41, 5.74) is 2.14.